The molecule has 8 nitrogen and oxygen atoms in total. The summed E-state index contributed by atoms with van der Waals surface area (Å²) in [5, 5.41) is 5.72. The van der Waals surface area contributed by atoms with Crippen molar-refractivity contribution in [2.45, 2.75) is 12.5 Å². The lowest BCUT2D eigenvalue weighted by molar-refractivity contribution is 0.102. The van der Waals surface area contributed by atoms with E-state index in [9.17, 15) is 13.2 Å². The molecule has 2 heterocycles. The number of sulfone groups is 1. The molecule has 1 aromatic carbocycles. The molecule has 0 spiro atoms. The van der Waals surface area contributed by atoms with Crippen LogP contribution in [0.1, 0.15) is 16.8 Å². The van der Waals surface area contributed by atoms with Crippen LogP contribution in [0.15, 0.2) is 36.7 Å². The number of nitrogens with zero attached hydrogens (tertiary/aromatic N) is 2. The topological polar surface area (TPSA) is 110 Å². The number of rotatable bonds is 5. The van der Waals surface area contributed by atoms with Crippen LogP contribution in [0, 0.1) is 0 Å². The Hall–Kier alpha value is -2.68. The van der Waals surface area contributed by atoms with Gasteiger partial charge >= 0.3 is 0 Å². The Labute approximate surface area is 145 Å². The van der Waals surface area contributed by atoms with E-state index in [2.05, 4.69) is 20.6 Å². The number of ether oxygens (including phenoxy) is 1. The summed E-state index contributed by atoms with van der Waals surface area (Å²) in [5.74, 6) is 0.928. The van der Waals surface area contributed by atoms with E-state index in [1.165, 1.54) is 12.4 Å². The molecule has 1 fully saturated rings. The lowest BCUT2D eigenvalue weighted by Gasteiger charge is -2.10. The predicted octanol–water partition coefficient (Wildman–Crippen LogP) is 1.34. The number of anilines is 2. The third-order valence-corrected chi connectivity index (χ3v) is 5.60. The van der Waals surface area contributed by atoms with Crippen LogP contribution in [-0.4, -0.2) is 49.0 Å². The second-order valence-electron chi connectivity index (χ2n) is 5.72. The largest absolute Gasteiger partial charge is 0.497 e. The Balaban J connectivity index is 1.60. The second kappa shape index (κ2) is 7.06. The highest BCUT2D eigenvalue weighted by atomic mass is 32.2. The van der Waals surface area contributed by atoms with Crippen molar-refractivity contribution in [3.05, 3.63) is 42.2 Å². The molecule has 0 bridgehead atoms. The van der Waals surface area contributed by atoms with Crippen molar-refractivity contribution >= 4 is 27.4 Å². The first-order chi connectivity index (χ1) is 11.9. The minimum Gasteiger partial charge on any atom is -0.497 e. The first kappa shape index (κ1) is 17.2. The molecule has 2 aromatic rings. The second-order valence-corrected chi connectivity index (χ2v) is 7.95. The van der Waals surface area contributed by atoms with Gasteiger partial charge in [-0.2, -0.15) is 0 Å². The van der Waals surface area contributed by atoms with Gasteiger partial charge in [0.2, 0.25) is 5.95 Å². The van der Waals surface area contributed by atoms with Gasteiger partial charge in [-0.05, 0) is 30.7 Å². The first-order valence-corrected chi connectivity index (χ1v) is 9.52. The molecule has 3 rings (SSSR count). The zero-order valence-corrected chi connectivity index (χ0v) is 14.4. The zero-order valence-electron chi connectivity index (χ0n) is 13.6. The van der Waals surface area contributed by atoms with Gasteiger partial charge in [0.15, 0.2) is 9.84 Å². The predicted molar refractivity (Wildman–Crippen MR) is 93.7 cm³/mol. The summed E-state index contributed by atoms with van der Waals surface area (Å²) in [7, 11) is -1.40. The number of amides is 1. The molecule has 25 heavy (non-hydrogen) atoms. The molecule has 9 heteroatoms. The molecular formula is C16H18N4O4S. The average molecular weight is 362 g/mol. The minimum atomic E-state index is -2.97. The van der Waals surface area contributed by atoms with Gasteiger partial charge in [0.05, 0.1) is 24.2 Å². The van der Waals surface area contributed by atoms with Gasteiger partial charge in [0, 0.05) is 24.1 Å². The lowest BCUT2D eigenvalue weighted by atomic mass is 10.2. The van der Waals surface area contributed by atoms with E-state index in [0.29, 0.717) is 29.4 Å². The van der Waals surface area contributed by atoms with Crippen molar-refractivity contribution in [1.82, 2.24) is 9.97 Å². The number of methoxy groups -OCH3 is 1. The summed E-state index contributed by atoms with van der Waals surface area (Å²) in [4.78, 5) is 20.4. The van der Waals surface area contributed by atoms with Crippen LogP contribution in [0.5, 0.6) is 5.75 Å². The Morgan fingerprint density at radius 2 is 1.88 bits per heavy atom. The summed E-state index contributed by atoms with van der Waals surface area (Å²) < 4.78 is 28.0. The fourth-order valence-electron chi connectivity index (χ4n) is 2.49. The monoisotopic (exact) mass is 362 g/mol. The van der Waals surface area contributed by atoms with Crippen molar-refractivity contribution in [2.75, 3.05) is 29.2 Å². The van der Waals surface area contributed by atoms with Crippen molar-refractivity contribution in [3.63, 3.8) is 0 Å². The van der Waals surface area contributed by atoms with Gasteiger partial charge in [-0.15, -0.1) is 0 Å². The fourth-order valence-corrected chi connectivity index (χ4v) is 4.16. The van der Waals surface area contributed by atoms with Gasteiger partial charge in [-0.1, -0.05) is 0 Å². The SMILES string of the molecule is COc1ccc(NC(=O)c2cnc(NC3CCS(=O)(=O)C3)nc2)cc1. The summed E-state index contributed by atoms with van der Waals surface area (Å²) in [5.41, 5.74) is 0.935. The first-order valence-electron chi connectivity index (χ1n) is 7.69. The summed E-state index contributed by atoms with van der Waals surface area (Å²) in [6.45, 7) is 0. The number of carbonyl (C=O) groups is 1. The van der Waals surface area contributed by atoms with Gasteiger partial charge < -0.3 is 15.4 Å². The van der Waals surface area contributed by atoms with Crippen LogP contribution in [0.25, 0.3) is 0 Å². The number of aromatic nitrogens is 2. The highest BCUT2D eigenvalue weighted by Crippen LogP contribution is 2.17. The summed E-state index contributed by atoms with van der Waals surface area (Å²) in [6, 6.07) is 6.76. The van der Waals surface area contributed by atoms with E-state index in [4.69, 9.17) is 4.74 Å². The molecule has 0 aliphatic carbocycles. The molecule has 1 saturated heterocycles. The van der Waals surface area contributed by atoms with E-state index in [-0.39, 0.29) is 23.5 Å². The number of nitrogens with one attached hydrogen (secondary N) is 2. The number of carbonyl (C=O) groups excluding carboxylic acids is 1. The highest BCUT2D eigenvalue weighted by Gasteiger charge is 2.28. The maximum Gasteiger partial charge on any atom is 0.258 e. The molecule has 1 amide bonds. The number of benzene rings is 1. The van der Waals surface area contributed by atoms with Gasteiger partial charge in [0.1, 0.15) is 5.75 Å². The van der Waals surface area contributed by atoms with Crippen LogP contribution in [-0.2, 0) is 9.84 Å². The van der Waals surface area contributed by atoms with Crippen LogP contribution in [0.4, 0.5) is 11.6 Å². The van der Waals surface area contributed by atoms with Gasteiger partial charge in [0.25, 0.3) is 5.91 Å². The zero-order chi connectivity index (χ0) is 17.9. The van der Waals surface area contributed by atoms with Crippen LogP contribution in [0.3, 0.4) is 0 Å². The Bertz CT molecular complexity index is 851. The third-order valence-electron chi connectivity index (χ3n) is 3.83. The molecule has 0 saturated carbocycles. The van der Waals surface area contributed by atoms with Gasteiger partial charge in [-0.3, -0.25) is 4.79 Å². The average Bonchev–Trinajstić information content (AvgIpc) is 2.94. The number of hydrogen-bond acceptors (Lipinski definition) is 7. The van der Waals surface area contributed by atoms with Crippen molar-refractivity contribution in [3.8, 4) is 5.75 Å². The smallest absolute Gasteiger partial charge is 0.258 e. The maximum absolute atomic E-state index is 12.2. The van der Waals surface area contributed by atoms with E-state index >= 15 is 0 Å². The van der Waals surface area contributed by atoms with Crippen LogP contribution >= 0.6 is 0 Å². The van der Waals surface area contributed by atoms with Crippen molar-refractivity contribution in [1.29, 1.82) is 0 Å². The molecule has 1 aliphatic rings. The highest BCUT2D eigenvalue weighted by molar-refractivity contribution is 7.91. The normalized spacial score (nSPS) is 18.5. The van der Waals surface area contributed by atoms with E-state index in [1.807, 2.05) is 0 Å². The van der Waals surface area contributed by atoms with E-state index in [1.54, 1.807) is 31.4 Å². The Kier molecular flexibility index (Phi) is 4.84. The Morgan fingerprint density at radius 3 is 2.44 bits per heavy atom. The minimum absolute atomic E-state index is 0.0794. The van der Waals surface area contributed by atoms with Gasteiger partial charge in [-0.25, -0.2) is 18.4 Å². The maximum atomic E-state index is 12.2. The molecule has 1 atom stereocenters. The molecule has 1 aliphatic heterocycles. The number of hydrogen-bond donors (Lipinski definition) is 2. The third kappa shape index (κ3) is 4.44. The van der Waals surface area contributed by atoms with Crippen LogP contribution < -0.4 is 15.4 Å². The molecular weight excluding hydrogens is 344 g/mol. The molecule has 1 unspecified atom stereocenters. The lowest BCUT2D eigenvalue weighted by Crippen LogP contribution is -2.22. The molecule has 132 valence electrons. The van der Waals surface area contributed by atoms with Crippen molar-refractivity contribution in [2.24, 2.45) is 0 Å². The molecule has 2 N–H and O–H groups in total. The quantitative estimate of drug-likeness (QED) is 0.826. The van der Waals surface area contributed by atoms with E-state index in [0.717, 1.165) is 0 Å². The summed E-state index contributed by atoms with van der Waals surface area (Å²) in [6.07, 6.45) is 3.33. The summed E-state index contributed by atoms with van der Waals surface area (Å²) >= 11 is 0. The molecule has 0 radical (unpaired) electrons. The molecule has 1 aromatic heterocycles. The van der Waals surface area contributed by atoms with Crippen LogP contribution in [0.2, 0.25) is 0 Å². The standard InChI is InChI=1S/C16H18N4O4S/c1-24-14-4-2-12(3-5-14)19-15(21)11-8-17-16(18-9-11)20-13-6-7-25(22,23)10-13/h2-5,8-9,13H,6-7,10H2,1H3,(H,19,21)(H,17,18,20). The fraction of sp³-hybridized carbons (Fsp3) is 0.312. The van der Waals surface area contributed by atoms with E-state index < -0.39 is 9.84 Å². The Morgan fingerprint density at radius 1 is 1.20 bits per heavy atom. The van der Waals surface area contributed by atoms with Crippen molar-refractivity contribution < 1.29 is 17.9 Å².